The van der Waals surface area contributed by atoms with Gasteiger partial charge in [0.15, 0.2) is 0 Å². The summed E-state index contributed by atoms with van der Waals surface area (Å²) in [6, 6.07) is 0.149. The number of hydrogen-bond acceptors (Lipinski definition) is 2. The topological polar surface area (TPSA) is 35.6 Å². The molecule has 2 unspecified atom stereocenters. The Balaban J connectivity index is 0.00000180. The van der Waals surface area contributed by atoms with Crippen LogP contribution in [0.15, 0.2) is 0 Å². The second-order valence-electron chi connectivity index (χ2n) is 6.41. The van der Waals surface area contributed by atoms with Crippen LogP contribution in [0.5, 0.6) is 0 Å². The number of amides is 2. The van der Waals surface area contributed by atoms with Gasteiger partial charge < -0.3 is 15.1 Å². The van der Waals surface area contributed by atoms with Gasteiger partial charge in [0.25, 0.3) is 0 Å². The van der Waals surface area contributed by atoms with Crippen LogP contribution in [0.25, 0.3) is 0 Å². The number of carbonyl (C=O) groups is 1. The molecule has 2 atom stereocenters. The lowest BCUT2D eigenvalue weighted by Crippen LogP contribution is -2.40. The van der Waals surface area contributed by atoms with Crippen molar-refractivity contribution in [2.24, 2.45) is 17.8 Å². The van der Waals surface area contributed by atoms with Gasteiger partial charge in [0.2, 0.25) is 0 Å². The van der Waals surface area contributed by atoms with Crippen molar-refractivity contribution in [3.05, 3.63) is 0 Å². The zero-order valence-corrected chi connectivity index (χ0v) is 12.0. The van der Waals surface area contributed by atoms with Crippen LogP contribution >= 0.6 is 0 Å². The minimum Gasteiger partial charge on any atom is -0.338 e. The van der Waals surface area contributed by atoms with E-state index >= 15 is 0 Å². The molecule has 0 spiro atoms. The largest absolute Gasteiger partial charge is 0.338 e. The summed E-state index contributed by atoms with van der Waals surface area (Å²) in [6.45, 7) is 9.47. The highest BCUT2D eigenvalue weighted by Gasteiger charge is 2.40. The first kappa shape index (κ1) is 13.7. The highest BCUT2D eigenvalue weighted by molar-refractivity contribution is 5.74. The van der Waals surface area contributed by atoms with E-state index in [1.807, 2.05) is 4.90 Å². The standard InChI is InChI=1S/C14H27N3O.H2/c1-11(2)5-4-6-15-14(18)17-9-12-7-16(3)8-13(12)10-17;/h11-13H,4-10H2,1-3H3,(H,15,18);1H. The molecular weight excluding hydrogens is 226 g/mol. The predicted octanol–water partition coefficient (Wildman–Crippen LogP) is 1.87. The van der Waals surface area contributed by atoms with E-state index in [-0.39, 0.29) is 7.46 Å². The van der Waals surface area contributed by atoms with Gasteiger partial charge in [0.1, 0.15) is 0 Å². The number of fused-ring (bicyclic) bond motifs is 1. The molecule has 2 aliphatic rings. The number of carbonyl (C=O) groups excluding carboxylic acids is 1. The van der Waals surface area contributed by atoms with Gasteiger partial charge in [0.05, 0.1) is 0 Å². The molecule has 1 N–H and O–H groups in total. The summed E-state index contributed by atoms with van der Waals surface area (Å²) in [5.41, 5.74) is 0. The van der Waals surface area contributed by atoms with Crippen molar-refractivity contribution in [1.82, 2.24) is 15.1 Å². The number of hydrogen-bond donors (Lipinski definition) is 1. The molecule has 0 aromatic heterocycles. The van der Waals surface area contributed by atoms with E-state index in [0.29, 0.717) is 11.8 Å². The van der Waals surface area contributed by atoms with Crippen LogP contribution in [0.4, 0.5) is 4.79 Å². The SMILES string of the molecule is CC(C)CCCNC(=O)N1CC2CN(C)CC2C1.[HH]. The van der Waals surface area contributed by atoms with E-state index in [1.165, 1.54) is 6.42 Å². The number of urea groups is 1. The Hall–Kier alpha value is -0.770. The molecule has 2 heterocycles. The van der Waals surface area contributed by atoms with Crippen molar-refractivity contribution >= 4 is 6.03 Å². The molecule has 18 heavy (non-hydrogen) atoms. The van der Waals surface area contributed by atoms with E-state index in [0.717, 1.165) is 45.1 Å². The summed E-state index contributed by atoms with van der Waals surface area (Å²) >= 11 is 0. The summed E-state index contributed by atoms with van der Waals surface area (Å²) in [5, 5.41) is 3.05. The summed E-state index contributed by atoms with van der Waals surface area (Å²) in [5.74, 6) is 2.14. The highest BCUT2D eigenvalue weighted by Crippen LogP contribution is 2.29. The van der Waals surface area contributed by atoms with Crippen LogP contribution in [-0.4, -0.2) is 55.6 Å². The highest BCUT2D eigenvalue weighted by atomic mass is 16.2. The molecule has 2 aliphatic heterocycles. The van der Waals surface area contributed by atoms with Gasteiger partial charge in [-0.05, 0) is 37.6 Å². The summed E-state index contributed by atoms with van der Waals surface area (Å²) in [6.07, 6.45) is 2.28. The van der Waals surface area contributed by atoms with E-state index in [1.54, 1.807) is 0 Å². The van der Waals surface area contributed by atoms with Gasteiger partial charge in [-0.1, -0.05) is 13.8 Å². The number of nitrogens with one attached hydrogen (secondary N) is 1. The predicted molar refractivity (Wildman–Crippen MR) is 75.6 cm³/mol. The van der Waals surface area contributed by atoms with Gasteiger partial charge in [-0.2, -0.15) is 0 Å². The van der Waals surface area contributed by atoms with Gasteiger partial charge in [-0.25, -0.2) is 4.79 Å². The zero-order chi connectivity index (χ0) is 13.1. The summed E-state index contributed by atoms with van der Waals surface area (Å²) < 4.78 is 0. The van der Waals surface area contributed by atoms with Crippen molar-refractivity contribution in [1.29, 1.82) is 0 Å². The molecule has 106 valence electrons. The first-order chi connectivity index (χ1) is 8.56. The molecule has 0 bridgehead atoms. The van der Waals surface area contributed by atoms with E-state index in [4.69, 9.17) is 0 Å². The van der Waals surface area contributed by atoms with Crippen LogP contribution in [0.1, 0.15) is 28.1 Å². The monoisotopic (exact) mass is 255 g/mol. The Morgan fingerprint density at radius 3 is 2.44 bits per heavy atom. The first-order valence-electron chi connectivity index (χ1n) is 7.27. The van der Waals surface area contributed by atoms with Crippen molar-refractivity contribution in [3.8, 4) is 0 Å². The average molecular weight is 255 g/mol. The van der Waals surface area contributed by atoms with Gasteiger partial charge in [-0.15, -0.1) is 0 Å². The molecule has 0 saturated carbocycles. The molecule has 0 aromatic carbocycles. The van der Waals surface area contributed by atoms with Gasteiger partial charge in [0, 0.05) is 34.2 Å². The van der Waals surface area contributed by atoms with Crippen molar-refractivity contribution in [2.45, 2.75) is 26.7 Å². The third-order valence-corrected chi connectivity index (χ3v) is 4.19. The van der Waals surface area contributed by atoms with Crippen LogP contribution in [0.2, 0.25) is 0 Å². The molecule has 4 nitrogen and oxygen atoms in total. The second-order valence-corrected chi connectivity index (χ2v) is 6.41. The second kappa shape index (κ2) is 5.91. The lowest BCUT2D eigenvalue weighted by atomic mass is 10.0. The van der Waals surface area contributed by atoms with Crippen LogP contribution in [0, 0.1) is 17.8 Å². The maximum absolute atomic E-state index is 12.0. The molecule has 0 aromatic rings. The normalized spacial score (nSPS) is 27.9. The third kappa shape index (κ3) is 3.37. The smallest absolute Gasteiger partial charge is 0.317 e. The Kier molecular flexibility index (Phi) is 4.49. The average Bonchev–Trinajstić information content (AvgIpc) is 2.80. The van der Waals surface area contributed by atoms with Crippen molar-refractivity contribution in [2.75, 3.05) is 39.8 Å². The first-order valence-corrected chi connectivity index (χ1v) is 7.27. The minimum absolute atomic E-state index is 0. The quantitative estimate of drug-likeness (QED) is 0.779. The lowest BCUT2D eigenvalue weighted by molar-refractivity contribution is 0.201. The molecular formula is C14H29N3O. The van der Waals surface area contributed by atoms with E-state index < -0.39 is 0 Å². The lowest BCUT2D eigenvalue weighted by Gasteiger charge is -2.20. The number of rotatable bonds is 4. The van der Waals surface area contributed by atoms with Gasteiger partial charge >= 0.3 is 6.03 Å². The number of nitrogens with zero attached hydrogens (tertiary/aromatic N) is 2. The Morgan fingerprint density at radius 2 is 1.89 bits per heavy atom. The van der Waals surface area contributed by atoms with Crippen LogP contribution in [-0.2, 0) is 0 Å². The number of likely N-dealkylation sites (tertiary alicyclic amines) is 2. The minimum atomic E-state index is 0. The maximum atomic E-state index is 12.0. The van der Waals surface area contributed by atoms with Gasteiger partial charge in [-0.3, -0.25) is 0 Å². The van der Waals surface area contributed by atoms with Crippen molar-refractivity contribution < 1.29 is 6.22 Å². The Morgan fingerprint density at radius 1 is 1.28 bits per heavy atom. The fraction of sp³-hybridized carbons (Fsp3) is 0.929. The third-order valence-electron chi connectivity index (χ3n) is 4.19. The summed E-state index contributed by atoms with van der Waals surface area (Å²) in [4.78, 5) is 16.4. The Bertz CT molecular complexity index is 284. The molecule has 4 heteroatoms. The Labute approximate surface area is 112 Å². The van der Waals surface area contributed by atoms with Crippen LogP contribution < -0.4 is 5.32 Å². The van der Waals surface area contributed by atoms with Crippen LogP contribution in [0.3, 0.4) is 0 Å². The fourth-order valence-electron chi connectivity index (χ4n) is 3.21. The molecule has 0 aliphatic carbocycles. The molecule has 0 radical (unpaired) electrons. The van der Waals surface area contributed by atoms with Crippen molar-refractivity contribution in [3.63, 3.8) is 0 Å². The maximum Gasteiger partial charge on any atom is 0.317 e. The van der Waals surface area contributed by atoms with E-state index in [9.17, 15) is 4.79 Å². The summed E-state index contributed by atoms with van der Waals surface area (Å²) in [7, 11) is 2.18. The molecule has 2 rings (SSSR count). The molecule has 2 saturated heterocycles. The molecule has 2 amide bonds. The molecule has 2 fully saturated rings. The zero-order valence-electron chi connectivity index (χ0n) is 12.0. The van der Waals surface area contributed by atoms with E-state index in [2.05, 4.69) is 31.1 Å². The fourth-order valence-corrected chi connectivity index (χ4v) is 3.21.